The van der Waals surface area contributed by atoms with E-state index in [-0.39, 0.29) is 28.2 Å². The molecule has 0 bridgehead atoms. The van der Waals surface area contributed by atoms with Crippen molar-refractivity contribution in [1.29, 1.82) is 0 Å². The first-order valence-corrected chi connectivity index (χ1v) is 13.6. The minimum atomic E-state index is -3.82. The highest BCUT2D eigenvalue weighted by Gasteiger charge is 2.29. The summed E-state index contributed by atoms with van der Waals surface area (Å²) in [6.45, 7) is 1.91. The number of carbonyl (C=O) groups is 1. The quantitative estimate of drug-likeness (QED) is 0.664. The van der Waals surface area contributed by atoms with E-state index in [0.29, 0.717) is 0 Å². The molecular formula is C25H38N4O3S. The summed E-state index contributed by atoms with van der Waals surface area (Å²) >= 11 is 0. The second-order valence-corrected chi connectivity index (χ2v) is 11.2. The van der Waals surface area contributed by atoms with Gasteiger partial charge in [-0.3, -0.25) is 13.8 Å². The minimum absolute atomic E-state index is 0.101. The van der Waals surface area contributed by atoms with E-state index in [2.05, 4.69) is 10.4 Å². The fourth-order valence-corrected chi connectivity index (χ4v) is 5.76. The van der Waals surface area contributed by atoms with E-state index in [9.17, 15) is 13.2 Å². The number of hydrogen-bond donors (Lipinski definition) is 1. The molecule has 1 aromatic heterocycles. The predicted molar refractivity (Wildman–Crippen MR) is 132 cm³/mol. The van der Waals surface area contributed by atoms with Crippen molar-refractivity contribution in [2.24, 2.45) is 7.05 Å². The van der Waals surface area contributed by atoms with Crippen molar-refractivity contribution in [2.45, 2.75) is 88.5 Å². The molecule has 0 aliphatic heterocycles. The number of aromatic nitrogens is 2. The maximum absolute atomic E-state index is 13.2. The summed E-state index contributed by atoms with van der Waals surface area (Å²) in [6.07, 6.45) is 14.4. The number of sulfonamides is 1. The van der Waals surface area contributed by atoms with Crippen molar-refractivity contribution in [3.05, 3.63) is 41.6 Å². The van der Waals surface area contributed by atoms with Crippen molar-refractivity contribution in [1.82, 2.24) is 15.1 Å². The Kier molecular flexibility index (Phi) is 8.95. The summed E-state index contributed by atoms with van der Waals surface area (Å²) in [5, 5.41) is 7.39. The van der Waals surface area contributed by atoms with Gasteiger partial charge in [0.05, 0.1) is 11.1 Å². The Morgan fingerprint density at radius 1 is 0.970 bits per heavy atom. The molecule has 182 valence electrons. The largest absolute Gasteiger partial charge is 0.349 e. The molecule has 0 unspecified atom stereocenters. The topological polar surface area (TPSA) is 84.3 Å². The van der Waals surface area contributed by atoms with Gasteiger partial charge in [-0.25, -0.2) is 8.42 Å². The van der Waals surface area contributed by atoms with Crippen molar-refractivity contribution >= 4 is 21.7 Å². The number of nitrogens with zero attached hydrogens (tertiary/aromatic N) is 3. The Hall–Kier alpha value is -2.35. The molecule has 0 atom stereocenters. The highest BCUT2D eigenvalue weighted by Crippen LogP contribution is 2.26. The summed E-state index contributed by atoms with van der Waals surface area (Å²) in [4.78, 5) is 13.4. The second kappa shape index (κ2) is 11.7. The second-order valence-electron chi connectivity index (χ2n) is 9.22. The SMILES string of the molecule is Cc1ccc(S(=O)(=O)N(C)c2c(C(=O)NC3CCCCCCCCCCC3)cnn2C)cc1. The van der Waals surface area contributed by atoms with E-state index in [1.807, 2.05) is 6.92 Å². The van der Waals surface area contributed by atoms with Gasteiger partial charge in [-0.1, -0.05) is 75.5 Å². The molecule has 1 amide bonds. The number of carbonyl (C=O) groups excluding carboxylic acids is 1. The number of aryl methyl sites for hydroxylation is 2. The van der Waals surface area contributed by atoms with Crippen molar-refractivity contribution < 1.29 is 13.2 Å². The molecular weight excluding hydrogens is 436 g/mol. The highest BCUT2D eigenvalue weighted by molar-refractivity contribution is 7.92. The zero-order valence-corrected chi connectivity index (χ0v) is 21.0. The van der Waals surface area contributed by atoms with E-state index >= 15 is 0 Å². The molecule has 8 heteroatoms. The lowest BCUT2D eigenvalue weighted by Gasteiger charge is -2.23. The van der Waals surface area contributed by atoms with Crippen LogP contribution in [0.3, 0.4) is 0 Å². The summed E-state index contributed by atoms with van der Waals surface area (Å²) in [5.41, 5.74) is 1.26. The van der Waals surface area contributed by atoms with Crippen LogP contribution in [0.15, 0.2) is 35.4 Å². The maximum Gasteiger partial charge on any atom is 0.265 e. The van der Waals surface area contributed by atoms with Gasteiger partial charge in [-0.2, -0.15) is 5.10 Å². The van der Waals surface area contributed by atoms with Crippen LogP contribution in [0.2, 0.25) is 0 Å². The number of hydrogen-bond acceptors (Lipinski definition) is 4. The van der Waals surface area contributed by atoms with Gasteiger partial charge in [0.2, 0.25) is 0 Å². The van der Waals surface area contributed by atoms with Crippen molar-refractivity contribution in [3.63, 3.8) is 0 Å². The van der Waals surface area contributed by atoms with E-state index in [0.717, 1.165) is 35.6 Å². The average Bonchev–Trinajstić information content (AvgIpc) is 3.16. The van der Waals surface area contributed by atoms with Crippen LogP contribution in [0.25, 0.3) is 0 Å². The van der Waals surface area contributed by atoms with Crippen LogP contribution in [-0.4, -0.2) is 37.2 Å². The van der Waals surface area contributed by atoms with E-state index < -0.39 is 10.0 Å². The van der Waals surface area contributed by atoms with Gasteiger partial charge in [0, 0.05) is 20.1 Å². The fraction of sp³-hybridized carbons (Fsp3) is 0.600. The van der Waals surface area contributed by atoms with Gasteiger partial charge >= 0.3 is 0 Å². The molecule has 0 radical (unpaired) electrons. The van der Waals surface area contributed by atoms with Crippen molar-refractivity contribution in [2.75, 3.05) is 11.4 Å². The average molecular weight is 475 g/mol. The van der Waals surface area contributed by atoms with Crippen LogP contribution in [-0.2, 0) is 17.1 Å². The number of anilines is 1. The maximum atomic E-state index is 13.2. The third-order valence-corrected chi connectivity index (χ3v) is 8.33. The zero-order chi connectivity index (χ0) is 23.8. The smallest absolute Gasteiger partial charge is 0.265 e. The third-order valence-electron chi connectivity index (χ3n) is 6.57. The first-order chi connectivity index (χ1) is 15.8. The van der Waals surface area contributed by atoms with Gasteiger partial charge in [-0.15, -0.1) is 0 Å². The molecule has 0 saturated heterocycles. The van der Waals surface area contributed by atoms with Gasteiger partial charge in [-0.05, 0) is 31.9 Å². The summed E-state index contributed by atoms with van der Waals surface area (Å²) in [5.74, 6) is 0.00220. The molecule has 1 N–H and O–H groups in total. The van der Waals surface area contributed by atoms with Gasteiger partial charge in [0.1, 0.15) is 5.56 Å². The summed E-state index contributed by atoms with van der Waals surface area (Å²) < 4.78 is 29.1. The Morgan fingerprint density at radius 2 is 1.48 bits per heavy atom. The Balaban J connectivity index is 1.76. The van der Waals surface area contributed by atoms with Gasteiger partial charge in [0.25, 0.3) is 15.9 Å². The Labute approximate surface area is 198 Å². The Morgan fingerprint density at radius 3 is 2.03 bits per heavy atom. The lowest BCUT2D eigenvalue weighted by Crippen LogP contribution is -2.36. The predicted octanol–water partition coefficient (Wildman–Crippen LogP) is 4.96. The summed E-state index contributed by atoms with van der Waals surface area (Å²) in [6, 6.07) is 6.80. The van der Waals surface area contributed by atoms with Gasteiger partial charge in [0.15, 0.2) is 5.82 Å². The van der Waals surface area contributed by atoms with Crippen molar-refractivity contribution in [3.8, 4) is 0 Å². The molecule has 1 aliphatic carbocycles. The number of benzene rings is 1. The number of nitrogens with one attached hydrogen (secondary N) is 1. The van der Waals surface area contributed by atoms with Crippen LogP contribution in [0.1, 0.15) is 86.6 Å². The molecule has 1 heterocycles. The number of rotatable bonds is 5. The standard InChI is InChI=1S/C25H38N4O3S/c1-20-15-17-22(18-16-20)33(31,32)29(3)25-23(19-26-28(25)2)24(30)27-21-13-11-9-7-5-4-6-8-10-12-14-21/h15-19,21H,4-14H2,1-3H3,(H,27,30). The lowest BCUT2D eigenvalue weighted by atomic mass is 9.98. The first kappa shape index (κ1) is 25.3. The third kappa shape index (κ3) is 6.59. The van der Waals surface area contributed by atoms with Gasteiger partial charge < -0.3 is 5.32 Å². The fourth-order valence-electron chi connectivity index (χ4n) is 4.52. The summed E-state index contributed by atoms with van der Waals surface area (Å²) in [7, 11) is -0.698. The van der Waals surface area contributed by atoms with Crippen LogP contribution in [0, 0.1) is 6.92 Å². The molecule has 33 heavy (non-hydrogen) atoms. The van der Waals surface area contributed by atoms with E-state index in [4.69, 9.17) is 0 Å². The molecule has 1 aromatic carbocycles. The first-order valence-electron chi connectivity index (χ1n) is 12.2. The van der Waals surface area contributed by atoms with Crippen LogP contribution in [0.4, 0.5) is 5.82 Å². The monoisotopic (exact) mass is 474 g/mol. The molecule has 0 spiro atoms. The highest BCUT2D eigenvalue weighted by atomic mass is 32.2. The number of amides is 1. The molecule has 1 saturated carbocycles. The lowest BCUT2D eigenvalue weighted by molar-refractivity contribution is 0.0932. The van der Waals surface area contributed by atoms with Crippen LogP contribution >= 0.6 is 0 Å². The molecule has 7 nitrogen and oxygen atoms in total. The Bertz CT molecular complexity index is 1000. The molecule has 2 aromatic rings. The molecule has 1 fully saturated rings. The normalized spacial score (nSPS) is 17.1. The van der Waals surface area contributed by atoms with Crippen LogP contribution in [0.5, 0.6) is 0 Å². The molecule has 1 aliphatic rings. The molecule has 3 rings (SSSR count). The van der Waals surface area contributed by atoms with E-state index in [1.54, 1.807) is 31.3 Å². The van der Waals surface area contributed by atoms with E-state index in [1.165, 1.54) is 62.9 Å². The minimum Gasteiger partial charge on any atom is -0.349 e. The zero-order valence-electron chi connectivity index (χ0n) is 20.2. The van der Waals surface area contributed by atoms with Crippen LogP contribution < -0.4 is 9.62 Å².